The van der Waals surface area contributed by atoms with Crippen molar-refractivity contribution in [3.8, 4) is 0 Å². The minimum atomic E-state index is -0.278. The van der Waals surface area contributed by atoms with Crippen molar-refractivity contribution in [1.29, 1.82) is 0 Å². The summed E-state index contributed by atoms with van der Waals surface area (Å²) in [7, 11) is 1.79. The van der Waals surface area contributed by atoms with Gasteiger partial charge in [-0.1, -0.05) is 33.1 Å². The summed E-state index contributed by atoms with van der Waals surface area (Å²) in [4.78, 5) is 14.6. The van der Waals surface area contributed by atoms with Crippen molar-refractivity contribution in [3.05, 3.63) is 11.8 Å². The lowest BCUT2D eigenvalue weighted by atomic mass is 9.80. The second-order valence-electron chi connectivity index (χ2n) is 6.45. The van der Waals surface area contributed by atoms with Crippen LogP contribution in [-0.4, -0.2) is 49.7 Å². The molecule has 21 heavy (non-hydrogen) atoms. The smallest absolute Gasteiger partial charge is 0.160 e. The Labute approximate surface area is 128 Å². The molecule has 1 heterocycles. The van der Waals surface area contributed by atoms with Gasteiger partial charge in [-0.2, -0.15) is 0 Å². The van der Waals surface area contributed by atoms with Crippen LogP contribution in [0.5, 0.6) is 0 Å². The third-order valence-electron chi connectivity index (χ3n) is 4.72. The van der Waals surface area contributed by atoms with Crippen molar-refractivity contribution in [2.45, 2.75) is 51.6 Å². The molecular formula is C17H29NO3. The summed E-state index contributed by atoms with van der Waals surface area (Å²) in [5, 5.41) is 0. The van der Waals surface area contributed by atoms with E-state index >= 15 is 0 Å². The molecule has 1 saturated carbocycles. The van der Waals surface area contributed by atoms with E-state index in [1.165, 1.54) is 19.3 Å². The van der Waals surface area contributed by atoms with Crippen LogP contribution in [-0.2, 0) is 14.3 Å². The van der Waals surface area contributed by atoms with E-state index in [9.17, 15) is 4.79 Å². The van der Waals surface area contributed by atoms with Crippen molar-refractivity contribution in [1.82, 2.24) is 4.90 Å². The van der Waals surface area contributed by atoms with Gasteiger partial charge >= 0.3 is 0 Å². The molecule has 4 heteroatoms. The Morgan fingerprint density at radius 3 is 2.33 bits per heavy atom. The highest BCUT2D eigenvalue weighted by molar-refractivity contribution is 5.92. The van der Waals surface area contributed by atoms with Gasteiger partial charge < -0.3 is 14.4 Å². The molecule has 0 aromatic rings. The molecule has 2 rings (SSSR count). The Morgan fingerprint density at radius 2 is 1.81 bits per heavy atom. The summed E-state index contributed by atoms with van der Waals surface area (Å²) >= 11 is 0. The van der Waals surface area contributed by atoms with Crippen molar-refractivity contribution in [3.63, 3.8) is 0 Å². The van der Waals surface area contributed by atoms with E-state index in [1.54, 1.807) is 7.11 Å². The quantitative estimate of drug-likeness (QED) is 0.731. The van der Waals surface area contributed by atoms with E-state index in [0.29, 0.717) is 0 Å². The number of carbonyl (C=O) groups is 1. The van der Waals surface area contributed by atoms with Crippen LogP contribution in [0.2, 0.25) is 0 Å². The van der Waals surface area contributed by atoms with E-state index < -0.39 is 0 Å². The molecule has 1 saturated heterocycles. The molecule has 2 fully saturated rings. The molecule has 0 bridgehead atoms. The molecule has 0 aromatic carbocycles. The number of allylic oxidation sites excluding steroid dienone is 1. The number of hydrogen-bond acceptors (Lipinski definition) is 4. The zero-order valence-electron chi connectivity index (χ0n) is 13.7. The van der Waals surface area contributed by atoms with Crippen molar-refractivity contribution in [2.75, 3.05) is 33.4 Å². The van der Waals surface area contributed by atoms with Crippen LogP contribution < -0.4 is 0 Å². The van der Waals surface area contributed by atoms with Gasteiger partial charge in [-0.05, 0) is 12.8 Å². The van der Waals surface area contributed by atoms with Gasteiger partial charge in [0.25, 0.3) is 0 Å². The van der Waals surface area contributed by atoms with Gasteiger partial charge in [0, 0.05) is 37.9 Å². The number of rotatable bonds is 5. The predicted octanol–water partition coefficient (Wildman–Crippen LogP) is 2.78. The summed E-state index contributed by atoms with van der Waals surface area (Å²) in [6.45, 7) is 7.07. The molecule has 0 atom stereocenters. The summed E-state index contributed by atoms with van der Waals surface area (Å²) in [6.07, 6.45) is 7.48. The van der Waals surface area contributed by atoms with Gasteiger partial charge in [0.2, 0.25) is 0 Å². The van der Waals surface area contributed by atoms with Crippen molar-refractivity contribution < 1.29 is 14.3 Å². The normalized spacial score (nSPS) is 23.4. The van der Waals surface area contributed by atoms with Crippen LogP contribution in [0.25, 0.3) is 0 Å². The average Bonchev–Trinajstić information content (AvgIpc) is 2.53. The van der Waals surface area contributed by atoms with E-state index in [-0.39, 0.29) is 17.3 Å². The predicted molar refractivity (Wildman–Crippen MR) is 83.1 cm³/mol. The Balaban J connectivity index is 2.31. The highest BCUT2D eigenvalue weighted by Gasteiger charge is 2.39. The molecule has 0 unspecified atom stereocenters. The molecule has 0 radical (unpaired) electrons. The maximum atomic E-state index is 12.3. The topological polar surface area (TPSA) is 38.8 Å². The lowest BCUT2D eigenvalue weighted by molar-refractivity contribution is -0.117. The average molecular weight is 295 g/mol. The van der Waals surface area contributed by atoms with Gasteiger partial charge in [0.1, 0.15) is 5.60 Å². The first-order valence-corrected chi connectivity index (χ1v) is 8.23. The van der Waals surface area contributed by atoms with E-state index in [4.69, 9.17) is 9.47 Å². The summed E-state index contributed by atoms with van der Waals surface area (Å²) in [6, 6.07) is 0. The maximum Gasteiger partial charge on any atom is 0.160 e. The molecule has 0 aromatic heterocycles. The lowest BCUT2D eigenvalue weighted by Crippen LogP contribution is -2.47. The fourth-order valence-electron chi connectivity index (χ4n) is 3.30. The molecule has 0 amide bonds. The maximum absolute atomic E-state index is 12.3. The minimum Gasteiger partial charge on any atom is -0.378 e. The molecule has 0 spiro atoms. The van der Waals surface area contributed by atoms with Gasteiger partial charge in [-0.3, -0.25) is 4.79 Å². The fourth-order valence-corrected chi connectivity index (χ4v) is 3.30. The monoisotopic (exact) mass is 295 g/mol. The molecule has 2 aliphatic rings. The van der Waals surface area contributed by atoms with Gasteiger partial charge in [-0.15, -0.1) is 0 Å². The van der Waals surface area contributed by atoms with Crippen LogP contribution in [0.4, 0.5) is 0 Å². The number of nitrogens with zero attached hydrogens (tertiary/aromatic N) is 1. The van der Waals surface area contributed by atoms with Crippen LogP contribution in [0.3, 0.4) is 0 Å². The van der Waals surface area contributed by atoms with Crippen molar-refractivity contribution in [2.24, 2.45) is 5.92 Å². The zero-order valence-corrected chi connectivity index (χ0v) is 13.7. The third-order valence-corrected chi connectivity index (χ3v) is 4.72. The third kappa shape index (κ3) is 3.86. The van der Waals surface area contributed by atoms with E-state index in [0.717, 1.165) is 44.8 Å². The Bertz CT molecular complexity index is 377. The number of ketones is 1. The standard InChI is InChI=1S/C17H29NO3/c1-14(2)15(19)13-16(18-9-11-21-12-10-18)17(20-3)7-5-4-6-8-17/h13-14H,4-12H2,1-3H3/b16-13+. The molecule has 0 N–H and O–H groups in total. The summed E-state index contributed by atoms with van der Waals surface area (Å²) in [5.41, 5.74) is 0.812. The summed E-state index contributed by atoms with van der Waals surface area (Å²) < 4.78 is 11.4. The van der Waals surface area contributed by atoms with E-state index in [1.807, 2.05) is 19.9 Å². The second-order valence-corrected chi connectivity index (χ2v) is 6.45. The summed E-state index contributed by atoms with van der Waals surface area (Å²) in [5.74, 6) is 0.219. The number of hydrogen-bond donors (Lipinski definition) is 0. The highest BCUT2D eigenvalue weighted by Crippen LogP contribution is 2.39. The molecule has 1 aliphatic heterocycles. The zero-order chi connectivity index (χ0) is 15.3. The Kier molecular flexibility index (Phi) is 5.82. The lowest BCUT2D eigenvalue weighted by Gasteiger charge is -2.44. The van der Waals surface area contributed by atoms with E-state index in [2.05, 4.69) is 4.90 Å². The molecular weight excluding hydrogens is 266 g/mol. The van der Waals surface area contributed by atoms with Crippen LogP contribution in [0.1, 0.15) is 46.0 Å². The van der Waals surface area contributed by atoms with Crippen LogP contribution in [0.15, 0.2) is 11.8 Å². The van der Waals surface area contributed by atoms with Gasteiger partial charge in [-0.25, -0.2) is 0 Å². The molecule has 120 valence electrons. The van der Waals surface area contributed by atoms with Crippen LogP contribution in [0, 0.1) is 5.92 Å². The minimum absolute atomic E-state index is 0.0264. The van der Waals surface area contributed by atoms with Crippen molar-refractivity contribution >= 4 is 5.78 Å². The fraction of sp³-hybridized carbons (Fsp3) is 0.824. The Morgan fingerprint density at radius 1 is 1.19 bits per heavy atom. The van der Waals surface area contributed by atoms with Gasteiger partial charge in [0.15, 0.2) is 5.78 Å². The van der Waals surface area contributed by atoms with Gasteiger partial charge in [0.05, 0.1) is 13.2 Å². The second kappa shape index (κ2) is 7.41. The SMILES string of the molecule is COC1(/C(=C\C(=O)C(C)C)N2CCOCC2)CCCCC1. The highest BCUT2D eigenvalue weighted by atomic mass is 16.5. The molecule has 4 nitrogen and oxygen atoms in total. The largest absolute Gasteiger partial charge is 0.378 e. The number of morpholine rings is 1. The first-order valence-electron chi connectivity index (χ1n) is 8.23. The van der Waals surface area contributed by atoms with Crippen LogP contribution >= 0.6 is 0 Å². The first-order chi connectivity index (χ1) is 10.1. The number of methoxy groups -OCH3 is 1. The Hall–Kier alpha value is -0.870. The number of carbonyl (C=O) groups excluding carboxylic acids is 1. The molecule has 1 aliphatic carbocycles. The number of ether oxygens (including phenoxy) is 2. The first kappa shape index (κ1) is 16.5.